The van der Waals surface area contributed by atoms with Crippen molar-refractivity contribution in [3.05, 3.63) is 188 Å². The molecule has 1 heterocycles. The molecule has 226 valence electrons. The molecular formula is C46H31NS. The Kier molecular flexibility index (Phi) is 7.07. The van der Waals surface area contributed by atoms with Crippen molar-refractivity contribution >= 4 is 59.3 Å². The third kappa shape index (κ3) is 5.04. The highest BCUT2D eigenvalue weighted by atomic mass is 32.1. The van der Waals surface area contributed by atoms with Crippen LogP contribution in [0.5, 0.6) is 0 Å². The summed E-state index contributed by atoms with van der Waals surface area (Å²) in [5, 5.41) is 5.20. The Hall–Kier alpha value is -5.96. The molecule has 0 aliphatic heterocycles. The average Bonchev–Trinajstić information content (AvgIpc) is 3.55. The van der Waals surface area contributed by atoms with Crippen molar-refractivity contribution in [2.75, 3.05) is 4.90 Å². The van der Waals surface area contributed by atoms with Crippen LogP contribution >= 0.6 is 11.3 Å². The molecule has 0 amide bonds. The van der Waals surface area contributed by atoms with Crippen molar-refractivity contribution in [2.45, 2.75) is 0 Å². The lowest BCUT2D eigenvalue weighted by atomic mass is 9.93. The summed E-state index contributed by atoms with van der Waals surface area (Å²) in [6.07, 6.45) is 0. The van der Waals surface area contributed by atoms with Crippen molar-refractivity contribution in [3.8, 4) is 33.4 Å². The number of rotatable bonds is 6. The topological polar surface area (TPSA) is 3.24 Å². The molecule has 0 spiro atoms. The minimum atomic E-state index is 1.12. The van der Waals surface area contributed by atoms with Gasteiger partial charge in [-0.25, -0.2) is 0 Å². The SMILES string of the molecule is c1ccc(-c2ccc(N(c3ccc(-c4ccccc4)c(-c4ccccc4)c3)c3ccc4sc5ccc6ccccc6c5c4c3)cc2)cc1. The Morgan fingerprint density at radius 3 is 1.60 bits per heavy atom. The fourth-order valence-corrected chi connectivity index (χ4v) is 8.05. The van der Waals surface area contributed by atoms with Crippen LogP contribution in [0.1, 0.15) is 0 Å². The fourth-order valence-electron chi connectivity index (χ4n) is 6.95. The minimum Gasteiger partial charge on any atom is -0.310 e. The number of hydrogen-bond acceptors (Lipinski definition) is 2. The van der Waals surface area contributed by atoms with Crippen LogP contribution in [0.3, 0.4) is 0 Å². The summed E-state index contributed by atoms with van der Waals surface area (Å²) >= 11 is 1.87. The zero-order chi connectivity index (χ0) is 31.9. The first-order chi connectivity index (χ1) is 23.8. The molecule has 0 fully saturated rings. The van der Waals surface area contributed by atoms with Crippen molar-refractivity contribution in [2.24, 2.45) is 0 Å². The standard InChI is InChI=1S/C46H31NS/c1-4-12-32(13-5-1)33-20-23-37(24-21-33)47(38-25-27-40(34-14-6-2-7-15-34)42(30-38)35-16-8-3-9-17-35)39-26-29-44-43(31-39)46-41-19-11-10-18-36(41)22-28-45(46)48-44/h1-31H. The van der Waals surface area contributed by atoms with E-state index in [-0.39, 0.29) is 0 Å². The summed E-state index contributed by atoms with van der Waals surface area (Å²) in [5.41, 5.74) is 10.6. The van der Waals surface area contributed by atoms with Crippen LogP contribution in [0.2, 0.25) is 0 Å². The molecule has 0 atom stereocenters. The van der Waals surface area contributed by atoms with E-state index in [1.165, 1.54) is 64.3 Å². The van der Waals surface area contributed by atoms with Gasteiger partial charge in [0, 0.05) is 37.2 Å². The monoisotopic (exact) mass is 629 g/mol. The van der Waals surface area contributed by atoms with Crippen molar-refractivity contribution < 1.29 is 0 Å². The summed E-state index contributed by atoms with van der Waals surface area (Å²) in [6.45, 7) is 0. The lowest BCUT2D eigenvalue weighted by Gasteiger charge is -2.27. The predicted molar refractivity (Wildman–Crippen MR) is 208 cm³/mol. The van der Waals surface area contributed by atoms with Gasteiger partial charge in [-0.15, -0.1) is 11.3 Å². The third-order valence-electron chi connectivity index (χ3n) is 9.26. The van der Waals surface area contributed by atoms with Gasteiger partial charge in [0.2, 0.25) is 0 Å². The lowest BCUT2D eigenvalue weighted by Crippen LogP contribution is -2.10. The molecule has 2 heteroatoms. The number of benzene rings is 8. The molecule has 1 aromatic heterocycles. The molecule has 0 saturated carbocycles. The second-order valence-electron chi connectivity index (χ2n) is 12.2. The number of thiophene rings is 1. The molecule has 9 rings (SSSR count). The van der Waals surface area contributed by atoms with Gasteiger partial charge in [0.05, 0.1) is 0 Å². The number of anilines is 3. The summed E-state index contributed by atoms with van der Waals surface area (Å²) in [7, 11) is 0. The van der Waals surface area contributed by atoms with E-state index in [0.29, 0.717) is 0 Å². The van der Waals surface area contributed by atoms with Crippen molar-refractivity contribution in [1.82, 2.24) is 0 Å². The van der Waals surface area contributed by atoms with Gasteiger partial charge in [0.25, 0.3) is 0 Å². The van der Waals surface area contributed by atoms with E-state index in [0.717, 1.165) is 17.1 Å². The van der Waals surface area contributed by atoms with Crippen LogP contribution in [0.25, 0.3) is 64.3 Å². The first-order valence-electron chi connectivity index (χ1n) is 16.3. The zero-order valence-electron chi connectivity index (χ0n) is 26.3. The van der Waals surface area contributed by atoms with Gasteiger partial charge in [-0.05, 0) is 92.7 Å². The summed E-state index contributed by atoms with van der Waals surface area (Å²) in [5.74, 6) is 0. The maximum Gasteiger partial charge on any atom is 0.0468 e. The molecule has 48 heavy (non-hydrogen) atoms. The van der Waals surface area contributed by atoms with Gasteiger partial charge in [-0.1, -0.05) is 140 Å². The van der Waals surface area contributed by atoms with Gasteiger partial charge in [0.15, 0.2) is 0 Å². The van der Waals surface area contributed by atoms with Crippen LogP contribution in [0, 0.1) is 0 Å². The van der Waals surface area contributed by atoms with E-state index in [1.54, 1.807) is 0 Å². The maximum atomic E-state index is 2.41. The molecule has 0 aliphatic carbocycles. The Balaban J connectivity index is 1.27. The van der Waals surface area contributed by atoms with Crippen molar-refractivity contribution in [1.29, 1.82) is 0 Å². The minimum absolute atomic E-state index is 1.12. The second-order valence-corrected chi connectivity index (χ2v) is 13.2. The van der Waals surface area contributed by atoms with Gasteiger partial charge in [0.1, 0.15) is 0 Å². The van der Waals surface area contributed by atoms with E-state index in [4.69, 9.17) is 0 Å². The van der Waals surface area contributed by atoms with E-state index in [1.807, 2.05) is 11.3 Å². The quantitative estimate of drug-likeness (QED) is 0.177. The first kappa shape index (κ1) is 28.3. The molecular weight excluding hydrogens is 599 g/mol. The average molecular weight is 630 g/mol. The fraction of sp³-hybridized carbons (Fsp3) is 0. The highest BCUT2D eigenvalue weighted by molar-refractivity contribution is 7.26. The normalized spacial score (nSPS) is 11.3. The van der Waals surface area contributed by atoms with Crippen LogP contribution in [0.4, 0.5) is 17.1 Å². The number of nitrogens with zero attached hydrogens (tertiary/aromatic N) is 1. The van der Waals surface area contributed by atoms with Crippen LogP contribution in [-0.2, 0) is 0 Å². The molecule has 0 bridgehead atoms. The van der Waals surface area contributed by atoms with Crippen LogP contribution in [-0.4, -0.2) is 0 Å². The van der Waals surface area contributed by atoms with E-state index in [9.17, 15) is 0 Å². The molecule has 1 nitrogen and oxygen atoms in total. The predicted octanol–water partition coefficient (Wildman–Crippen LogP) is 13.7. The largest absolute Gasteiger partial charge is 0.310 e. The number of hydrogen-bond donors (Lipinski definition) is 0. The third-order valence-corrected chi connectivity index (χ3v) is 10.4. The molecule has 0 saturated heterocycles. The molecule has 0 aliphatic rings. The van der Waals surface area contributed by atoms with Gasteiger partial charge in [-0.2, -0.15) is 0 Å². The molecule has 0 N–H and O–H groups in total. The first-order valence-corrected chi connectivity index (χ1v) is 17.2. The Labute approximate surface area is 284 Å². The summed E-state index contributed by atoms with van der Waals surface area (Å²) in [4.78, 5) is 2.41. The second kappa shape index (κ2) is 12.0. The highest BCUT2D eigenvalue weighted by Crippen LogP contribution is 2.45. The molecule has 8 aromatic carbocycles. The van der Waals surface area contributed by atoms with E-state index < -0.39 is 0 Å². The summed E-state index contributed by atoms with van der Waals surface area (Å²) < 4.78 is 2.62. The van der Waals surface area contributed by atoms with Crippen LogP contribution < -0.4 is 4.90 Å². The lowest BCUT2D eigenvalue weighted by molar-refractivity contribution is 1.29. The highest BCUT2D eigenvalue weighted by Gasteiger charge is 2.18. The maximum absolute atomic E-state index is 2.41. The van der Waals surface area contributed by atoms with Crippen molar-refractivity contribution in [3.63, 3.8) is 0 Å². The van der Waals surface area contributed by atoms with E-state index in [2.05, 4.69) is 193 Å². The van der Waals surface area contributed by atoms with Crippen LogP contribution in [0.15, 0.2) is 188 Å². The Morgan fingerprint density at radius 1 is 0.333 bits per heavy atom. The number of fused-ring (bicyclic) bond motifs is 5. The molecule has 0 radical (unpaired) electrons. The van der Waals surface area contributed by atoms with E-state index >= 15 is 0 Å². The van der Waals surface area contributed by atoms with Gasteiger partial charge < -0.3 is 4.90 Å². The molecule has 9 aromatic rings. The zero-order valence-corrected chi connectivity index (χ0v) is 27.1. The van der Waals surface area contributed by atoms with Gasteiger partial charge >= 0.3 is 0 Å². The van der Waals surface area contributed by atoms with Gasteiger partial charge in [-0.3, -0.25) is 0 Å². The summed E-state index contributed by atoms with van der Waals surface area (Å²) in [6, 6.07) is 68.1. The Morgan fingerprint density at radius 2 is 0.875 bits per heavy atom. The smallest absolute Gasteiger partial charge is 0.0468 e. The Bertz CT molecular complexity index is 2530. The molecule has 0 unspecified atom stereocenters.